The molecule has 4 nitrogen and oxygen atoms in total. The number of amides is 1. The average molecular weight is 288 g/mol. The molecular weight excluding hydrogens is 264 g/mol. The predicted octanol–water partition coefficient (Wildman–Crippen LogP) is 2.07. The van der Waals surface area contributed by atoms with Crippen molar-refractivity contribution in [3.63, 3.8) is 0 Å². The summed E-state index contributed by atoms with van der Waals surface area (Å²) in [4.78, 5) is 17.4. The van der Waals surface area contributed by atoms with E-state index < -0.39 is 0 Å². The Bertz CT molecular complexity index is 471. The number of hydrogen-bond acceptors (Lipinski definition) is 3. The third kappa shape index (κ3) is 3.11. The van der Waals surface area contributed by atoms with Crippen molar-refractivity contribution in [2.75, 3.05) is 32.8 Å². The van der Waals surface area contributed by atoms with Crippen LogP contribution in [-0.4, -0.2) is 54.6 Å². The lowest BCUT2D eigenvalue weighted by atomic mass is 10.0. The molecule has 2 saturated heterocycles. The lowest BCUT2D eigenvalue weighted by Gasteiger charge is -2.37. The maximum atomic E-state index is 13.1. The molecule has 114 valence electrons. The molecule has 0 bridgehead atoms. The summed E-state index contributed by atoms with van der Waals surface area (Å²) in [6.07, 6.45) is 2.24. The summed E-state index contributed by atoms with van der Waals surface area (Å²) < 4.78 is 5.45. The van der Waals surface area contributed by atoms with E-state index in [-0.39, 0.29) is 11.9 Å². The Labute approximate surface area is 126 Å². The van der Waals surface area contributed by atoms with Gasteiger partial charge < -0.3 is 9.64 Å². The number of ether oxygens (including phenoxy) is 1. The number of benzene rings is 1. The smallest absolute Gasteiger partial charge is 0.244 e. The van der Waals surface area contributed by atoms with Crippen molar-refractivity contribution in [1.29, 1.82) is 0 Å². The van der Waals surface area contributed by atoms with Gasteiger partial charge in [-0.15, -0.1) is 0 Å². The van der Waals surface area contributed by atoms with Crippen molar-refractivity contribution < 1.29 is 9.53 Å². The fourth-order valence-corrected chi connectivity index (χ4v) is 3.40. The molecule has 0 aromatic heterocycles. The predicted molar refractivity (Wildman–Crippen MR) is 82.0 cm³/mol. The minimum absolute atomic E-state index is 0.157. The number of hydrogen-bond donors (Lipinski definition) is 0. The highest BCUT2D eigenvalue weighted by molar-refractivity contribution is 5.83. The number of carbonyl (C=O) groups excluding carboxylic acids is 1. The first-order valence-corrected chi connectivity index (χ1v) is 7.94. The second kappa shape index (κ2) is 6.58. The van der Waals surface area contributed by atoms with E-state index in [0.717, 1.165) is 38.0 Å². The normalized spacial score (nSPS) is 25.0. The maximum absolute atomic E-state index is 13.1. The standard InChI is InChI=1S/C17H24N2O2/c1-14-6-5-9-19(14)17(20)16(15-7-3-2-4-8-15)18-10-12-21-13-11-18/h2-4,7-8,14,16H,5-6,9-13H2,1H3. The molecule has 4 heteroatoms. The van der Waals surface area contributed by atoms with E-state index in [4.69, 9.17) is 4.74 Å². The van der Waals surface area contributed by atoms with Crippen LogP contribution < -0.4 is 0 Å². The van der Waals surface area contributed by atoms with Gasteiger partial charge in [-0.3, -0.25) is 9.69 Å². The molecule has 1 amide bonds. The highest BCUT2D eigenvalue weighted by atomic mass is 16.5. The molecule has 21 heavy (non-hydrogen) atoms. The summed E-state index contributed by atoms with van der Waals surface area (Å²) in [6.45, 7) is 6.14. The zero-order valence-corrected chi connectivity index (χ0v) is 12.7. The van der Waals surface area contributed by atoms with Crippen molar-refractivity contribution in [2.45, 2.75) is 31.8 Å². The van der Waals surface area contributed by atoms with Gasteiger partial charge in [-0.2, -0.15) is 0 Å². The molecule has 0 spiro atoms. The third-order valence-electron chi connectivity index (χ3n) is 4.60. The number of carbonyl (C=O) groups is 1. The molecule has 1 aromatic carbocycles. The van der Waals surface area contributed by atoms with E-state index in [9.17, 15) is 4.79 Å². The molecule has 2 aliphatic heterocycles. The molecule has 1 aromatic rings. The van der Waals surface area contributed by atoms with Crippen molar-refractivity contribution in [2.24, 2.45) is 0 Å². The quantitative estimate of drug-likeness (QED) is 0.853. The van der Waals surface area contributed by atoms with Crippen molar-refractivity contribution in [3.05, 3.63) is 35.9 Å². The van der Waals surface area contributed by atoms with Gasteiger partial charge in [0.1, 0.15) is 6.04 Å². The second-order valence-corrected chi connectivity index (χ2v) is 5.98. The van der Waals surface area contributed by atoms with Gasteiger partial charge in [-0.1, -0.05) is 30.3 Å². The first-order valence-electron chi connectivity index (χ1n) is 7.94. The van der Waals surface area contributed by atoms with Crippen LogP contribution in [0.2, 0.25) is 0 Å². The average Bonchev–Trinajstić information content (AvgIpc) is 2.96. The molecule has 3 rings (SSSR count). The van der Waals surface area contributed by atoms with Gasteiger partial charge in [0.15, 0.2) is 0 Å². The van der Waals surface area contributed by atoms with Crippen molar-refractivity contribution >= 4 is 5.91 Å². The Morgan fingerprint density at radius 1 is 1.19 bits per heavy atom. The van der Waals surface area contributed by atoms with Crippen molar-refractivity contribution in [1.82, 2.24) is 9.80 Å². The number of morpholine rings is 1. The molecule has 2 aliphatic rings. The largest absolute Gasteiger partial charge is 0.379 e. The number of likely N-dealkylation sites (tertiary alicyclic amines) is 1. The molecule has 2 heterocycles. The lowest BCUT2D eigenvalue weighted by Crippen LogP contribution is -2.48. The van der Waals surface area contributed by atoms with E-state index >= 15 is 0 Å². The summed E-state index contributed by atoms with van der Waals surface area (Å²) in [5, 5.41) is 0. The van der Waals surface area contributed by atoms with Gasteiger partial charge in [-0.05, 0) is 25.3 Å². The summed E-state index contributed by atoms with van der Waals surface area (Å²) in [6, 6.07) is 10.4. The van der Waals surface area contributed by atoms with Gasteiger partial charge in [-0.25, -0.2) is 0 Å². The van der Waals surface area contributed by atoms with Gasteiger partial charge >= 0.3 is 0 Å². The summed E-state index contributed by atoms with van der Waals surface area (Å²) in [5.41, 5.74) is 1.10. The first kappa shape index (κ1) is 14.5. The topological polar surface area (TPSA) is 32.8 Å². The Morgan fingerprint density at radius 3 is 2.52 bits per heavy atom. The highest BCUT2D eigenvalue weighted by Gasteiger charge is 2.35. The molecule has 2 atom stereocenters. The third-order valence-corrected chi connectivity index (χ3v) is 4.60. The molecular formula is C17H24N2O2. The SMILES string of the molecule is CC1CCCN1C(=O)C(c1ccccc1)N1CCOCC1. The van der Waals surface area contributed by atoms with Crippen LogP contribution in [0.1, 0.15) is 31.4 Å². The number of nitrogens with zero attached hydrogens (tertiary/aromatic N) is 2. The molecule has 2 fully saturated rings. The summed E-state index contributed by atoms with van der Waals surface area (Å²) >= 11 is 0. The molecule has 0 N–H and O–H groups in total. The van der Waals surface area contributed by atoms with Gasteiger partial charge in [0.05, 0.1) is 13.2 Å². The first-order chi connectivity index (χ1) is 10.3. The van der Waals surface area contributed by atoms with Gasteiger partial charge in [0.2, 0.25) is 5.91 Å². The minimum atomic E-state index is -0.157. The Hall–Kier alpha value is -1.39. The molecule has 2 unspecified atom stereocenters. The minimum Gasteiger partial charge on any atom is -0.379 e. The maximum Gasteiger partial charge on any atom is 0.244 e. The lowest BCUT2D eigenvalue weighted by molar-refractivity contribution is -0.139. The monoisotopic (exact) mass is 288 g/mol. The van der Waals surface area contributed by atoms with Crippen LogP contribution in [0, 0.1) is 0 Å². The van der Waals surface area contributed by atoms with E-state index in [1.165, 1.54) is 0 Å². The molecule has 0 radical (unpaired) electrons. The zero-order chi connectivity index (χ0) is 14.7. The highest BCUT2D eigenvalue weighted by Crippen LogP contribution is 2.28. The van der Waals surface area contributed by atoms with Gasteiger partial charge in [0.25, 0.3) is 0 Å². The Kier molecular flexibility index (Phi) is 4.56. The van der Waals surface area contributed by atoms with Crippen molar-refractivity contribution in [3.8, 4) is 0 Å². The van der Waals surface area contributed by atoms with Crippen LogP contribution in [-0.2, 0) is 9.53 Å². The van der Waals surface area contributed by atoms with E-state index in [2.05, 4.69) is 28.9 Å². The van der Waals surface area contributed by atoms with Crippen LogP contribution in [0.25, 0.3) is 0 Å². The molecule has 0 saturated carbocycles. The Balaban J connectivity index is 1.86. The molecule has 0 aliphatic carbocycles. The van der Waals surface area contributed by atoms with E-state index in [1.54, 1.807) is 0 Å². The number of rotatable bonds is 3. The summed E-state index contributed by atoms with van der Waals surface area (Å²) in [7, 11) is 0. The fourth-order valence-electron chi connectivity index (χ4n) is 3.40. The van der Waals surface area contributed by atoms with Crippen LogP contribution in [0.5, 0.6) is 0 Å². The zero-order valence-electron chi connectivity index (χ0n) is 12.7. The van der Waals surface area contributed by atoms with Crippen LogP contribution >= 0.6 is 0 Å². The van der Waals surface area contributed by atoms with E-state index in [0.29, 0.717) is 19.3 Å². The van der Waals surface area contributed by atoms with Crippen LogP contribution in [0.15, 0.2) is 30.3 Å². The Morgan fingerprint density at radius 2 is 1.90 bits per heavy atom. The van der Waals surface area contributed by atoms with Crippen LogP contribution in [0.4, 0.5) is 0 Å². The van der Waals surface area contributed by atoms with Gasteiger partial charge in [0, 0.05) is 25.7 Å². The summed E-state index contributed by atoms with van der Waals surface area (Å²) in [5.74, 6) is 0.258. The van der Waals surface area contributed by atoms with Crippen LogP contribution in [0.3, 0.4) is 0 Å². The van der Waals surface area contributed by atoms with E-state index in [1.807, 2.05) is 18.2 Å². The fraction of sp³-hybridized carbons (Fsp3) is 0.588. The second-order valence-electron chi connectivity index (χ2n) is 5.98.